The molecule has 1 N–H and O–H groups in total. The zero-order chi connectivity index (χ0) is 14.1. The van der Waals surface area contributed by atoms with Gasteiger partial charge in [0.1, 0.15) is 0 Å². The van der Waals surface area contributed by atoms with Crippen LogP contribution < -0.4 is 5.32 Å². The molecule has 1 aromatic carbocycles. The van der Waals surface area contributed by atoms with Crippen LogP contribution in [0.4, 0.5) is 0 Å². The number of nitrogens with one attached hydrogen (secondary N) is 1. The fraction of sp³-hybridized carbons (Fsp3) is 0.562. The number of halogens is 1. The molecule has 1 saturated carbocycles. The molecule has 1 aliphatic carbocycles. The lowest BCUT2D eigenvalue weighted by atomic mass is 10.1. The molecular formula is C16H21ClN2O. The average Bonchev–Trinajstić information content (AvgIpc) is 3.15. The molecule has 20 heavy (non-hydrogen) atoms. The lowest BCUT2D eigenvalue weighted by molar-refractivity contribution is 0.0728. The molecule has 3 nitrogen and oxygen atoms in total. The summed E-state index contributed by atoms with van der Waals surface area (Å²) in [5, 5.41) is 4.07. The SMILES string of the molecule is Cc1cccc(C(=O)N(CC2CCCN2)C2CC2)c1Cl. The smallest absolute Gasteiger partial charge is 0.255 e. The first-order valence-corrected chi connectivity index (χ1v) is 7.84. The molecule has 1 saturated heterocycles. The highest BCUT2D eigenvalue weighted by Crippen LogP contribution is 2.31. The monoisotopic (exact) mass is 292 g/mol. The van der Waals surface area contributed by atoms with E-state index in [1.807, 2.05) is 30.0 Å². The van der Waals surface area contributed by atoms with Crippen LogP contribution in [0.1, 0.15) is 41.6 Å². The van der Waals surface area contributed by atoms with Gasteiger partial charge in [-0.25, -0.2) is 0 Å². The van der Waals surface area contributed by atoms with E-state index in [9.17, 15) is 4.79 Å². The maximum absolute atomic E-state index is 12.8. The largest absolute Gasteiger partial charge is 0.334 e. The Morgan fingerprint density at radius 1 is 1.40 bits per heavy atom. The number of hydrogen-bond donors (Lipinski definition) is 1. The summed E-state index contributed by atoms with van der Waals surface area (Å²) in [6, 6.07) is 6.56. The van der Waals surface area contributed by atoms with E-state index in [0.717, 1.165) is 37.9 Å². The standard InChI is InChI=1S/C16H21ClN2O/c1-11-4-2-6-14(15(11)17)16(20)19(13-7-8-13)10-12-5-3-9-18-12/h2,4,6,12-13,18H,3,5,7-10H2,1H3. The Labute approximate surface area is 125 Å². The van der Waals surface area contributed by atoms with Gasteiger partial charge in [0.2, 0.25) is 0 Å². The summed E-state index contributed by atoms with van der Waals surface area (Å²) >= 11 is 6.31. The Morgan fingerprint density at radius 2 is 2.20 bits per heavy atom. The second kappa shape index (κ2) is 5.74. The topological polar surface area (TPSA) is 32.3 Å². The van der Waals surface area contributed by atoms with E-state index in [0.29, 0.717) is 22.7 Å². The highest BCUT2D eigenvalue weighted by molar-refractivity contribution is 6.34. The maximum Gasteiger partial charge on any atom is 0.255 e. The molecule has 1 atom stereocenters. The minimum absolute atomic E-state index is 0.0925. The first kappa shape index (κ1) is 13.9. The van der Waals surface area contributed by atoms with Crippen molar-refractivity contribution in [2.75, 3.05) is 13.1 Å². The predicted octanol–water partition coefficient (Wildman–Crippen LogP) is 3.01. The Bertz CT molecular complexity index is 507. The van der Waals surface area contributed by atoms with Crippen LogP contribution in [0.5, 0.6) is 0 Å². The minimum atomic E-state index is 0.0925. The van der Waals surface area contributed by atoms with E-state index in [4.69, 9.17) is 11.6 Å². The van der Waals surface area contributed by atoms with Crippen LogP contribution in [0.3, 0.4) is 0 Å². The third-order valence-electron chi connectivity index (χ3n) is 4.25. The fourth-order valence-corrected chi connectivity index (χ4v) is 3.11. The third kappa shape index (κ3) is 2.84. The molecule has 1 heterocycles. The summed E-state index contributed by atoms with van der Waals surface area (Å²) in [7, 11) is 0. The fourth-order valence-electron chi connectivity index (χ4n) is 2.90. The van der Waals surface area contributed by atoms with Crippen molar-refractivity contribution in [1.29, 1.82) is 0 Å². The molecule has 1 aliphatic heterocycles. The van der Waals surface area contributed by atoms with Crippen LogP contribution >= 0.6 is 11.6 Å². The van der Waals surface area contributed by atoms with Gasteiger partial charge >= 0.3 is 0 Å². The van der Waals surface area contributed by atoms with Crippen molar-refractivity contribution in [3.05, 3.63) is 34.3 Å². The number of nitrogens with zero attached hydrogens (tertiary/aromatic N) is 1. The molecule has 2 fully saturated rings. The summed E-state index contributed by atoms with van der Waals surface area (Å²) in [6.07, 6.45) is 4.63. The number of hydrogen-bond acceptors (Lipinski definition) is 2. The third-order valence-corrected chi connectivity index (χ3v) is 4.75. The number of aryl methyl sites for hydroxylation is 1. The van der Waals surface area contributed by atoms with Crippen LogP contribution in [0.25, 0.3) is 0 Å². The molecule has 0 radical (unpaired) electrons. The average molecular weight is 293 g/mol. The molecule has 0 spiro atoms. The molecule has 0 bridgehead atoms. The second-order valence-corrected chi connectivity index (χ2v) is 6.30. The Hall–Kier alpha value is -1.06. The van der Waals surface area contributed by atoms with Crippen LogP contribution in [-0.2, 0) is 0 Å². The molecule has 2 aliphatic rings. The normalized spacial score (nSPS) is 22.0. The zero-order valence-electron chi connectivity index (χ0n) is 11.9. The summed E-state index contributed by atoms with van der Waals surface area (Å²) < 4.78 is 0. The highest BCUT2D eigenvalue weighted by Gasteiger charge is 2.35. The van der Waals surface area contributed by atoms with Crippen molar-refractivity contribution in [3.8, 4) is 0 Å². The minimum Gasteiger partial charge on any atom is -0.334 e. The van der Waals surface area contributed by atoms with Gasteiger partial charge in [0.25, 0.3) is 5.91 Å². The van der Waals surface area contributed by atoms with Crippen molar-refractivity contribution in [2.45, 2.75) is 44.7 Å². The van der Waals surface area contributed by atoms with Gasteiger partial charge in [-0.1, -0.05) is 23.7 Å². The molecule has 108 valence electrons. The van der Waals surface area contributed by atoms with Gasteiger partial charge in [-0.3, -0.25) is 4.79 Å². The first-order valence-electron chi connectivity index (χ1n) is 7.46. The van der Waals surface area contributed by atoms with Gasteiger partial charge in [0.15, 0.2) is 0 Å². The predicted molar refractivity (Wildman–Crippen MR) is 81.3 cm³/mol. The number of carbonyl (C=O) groups excluding carboxylic acids is 1. The van der Waals surface area contributed by atoms with E-state index in [1.165, 1.54) is 6.42 Å². The molecule has 3 rings (SSSR count). The second-order valence-electron chi connectivity index (χ2n) is 5.92. The number of carbonyl (C=O) groups is 1. The van der Waals surface area contributed by atoms with E-state index < -0.39 is 0 Å². The van der Waals surface area contributed by atoms with Crippen molar-refractivity contribution in [3.63, 3.8) is 0 Å². The summed E-state index contributed by atoms with van der Waals surface area (Å²) in [5.41, 5.74) is 1.61. The Morgan fingerprint density at radius 3 is 2.85 bits per heavy atom. The number of amides is 1. The lowest BCUT2D eigenvalue weighted by Crippen LogP contribution is -2.42. The molecule has 1 amide bonds. The maximum atomic E-state index is 12.8. The van der Waals surface area contributed by atoms with Crippen LogP contribution in [0.15, 0.2) is 18.2 Å². The van der Waals surface area contributed by atoms with Crippen LogP contribution in [-0.4, -0.2) is 36.0 Å². The summed E-state index contributed by atoms with van der Waals surface area (Å²) in [4.78, 5) is 14.8. The number of rotatable bonds is 4. The van der Waals surface area contributed by atoms with Crippen LogP contribution in [0, 0.1) is 6.92 Å². The Balaban J connectivity index is 1.79. The molecule has 1 aromatic rings. The summed E-state index contributed by atoms with van der Waals surface area (Å²) in [5.74, 6) is 0.0925. The zero-order valence-corrected chi connectivity index (χ0v) is 12.6. The molecule has 4 heteroatoms. The van der Waals surface area contributed by atoms with Crippen molar-refractivity contribution >= 4 is 17.5 Å². The molecule has 0 aromatic heterocycles. The van der Waals surface area contributed by atoms with E-state index >= 15 is 0 Å². The highest BCUT2D eigenvalue weighted by atomic mass is 35.5. The van der Waals surface area contributed by atoms with Crippen molar-refractivity contribution < 1.29 is 4.79 Å². The van der Waals surface area contributed by atoms with Gasteiger partial charge in [-0.05, 0) is 50.8 Å². The van der Waals surface area contributed by atoms with E-state index in [-0.39, 0.29) is 5.91 Å². The van der Waals surface area contributed by atoms with Gasteiger partial charge in [0.05, 0.1) is 10.6 Å². The van der Waals surface area contributed by atoms with Gasteiger partial charge in [0, 0.05) is 18.6 Å². The number of benzene rings is 1. The van der Waals surface area contributed by atoms with E-state index in [2.05, 4.69) is 5.32 Å². The van der Waals surface area contributed by atoms with Crippen LogP contribution in [0.2, 0.25) is 5.02 Å². The van der Waals surface area contributed by atoms with Crippen molar-refractivity contribution in [2.24, 2.45) is 0 Å². The quantitative estimate of drug-likeness (QED) is 0.925. The van der Waals surface area contributed by atoms with Gasteiger partial charge < -0.3 is 10.2 Å². The van der Waals surface area contributed by atoms with Gasteiger partial charge in [-0.2, -0.15) is 0 Å². The van der Waals surface area contributed by atoms with Crippen molar-refractivity contribution in [1.82, 2.24) is 10.2 Å². The summed E-state index contributed by atoms with van der Waals surface area (Å²) in [6.45, 7) is 3.83. The molecule has 1 unspecified atom stereocenters. The first-order chi connectivity index (χ1) is 9.66. The Kier molecular flexibility index (Phi) is 3.99. The van der Waals surface area contributed by atoms with Gasteiger partial charge in [-0.15, -0.1) is 0 Å². The van der Waals surface area contributed by atoms with E-state index in [1.54, 1.807) is 0 Å². The lowest BCUT2D eigenvalue weighted by Gasteiger charge is -2.26. The molecular weight excluding hydrogens is 272 g/mol.